The van der Waals surface area contributed by atoms with Crippen LogP contribution >= 0.6 is 43.5 Å². The summed E-state index contributed by atoms with van der Waals surface area (Å²) in [6.45, 7) is 3.85. The summed E-state index contributed by atoms with van der Waals surface area (Å²) in [6, 6.07) is 18.0. The molecule has 1 aliphatic rings. The maximum absolute atomic E-state index is 14.5. The van der Waals surface area contributed by atoms with Gasteiger partial charge < -0.3 is 11.1 Å². The van der Waals surface area contributed by atoms with Crippen molar-refractivity contribution in [3.63, 3.8) is 0 Å². The summed E-state index contributed by atoms with van der Waals surface area (Å²) in [5.74, 6) is -1.12. The number of amides is 2. The molecule has 0 saturated carbocycles. The van der Waals surface area contributed by atoms with Crippen LogP contribution in [0.25, 0.3) is 0 Å². The number of benzene rings is 3. The van der Waals surface area contributed by atoms with Crippen LogP contribution in [0, 0.1) is 5.92 Å². The zero-order valence-corrected chi connectivity index (χ0v) is 27.2. The van der Waals surface area contributed by atoms with E-state index in [1.54, 1.807) is 54.6 Å². The van der Waals surface area contributed by atoms with E-state index in [1.807, 2.05) is 26.0 Å². The highest BCUT2D eigenvalue weighted by molar-refractivity contribution is 9.10. The van der Waals surface area contributed by atoms with Crippen molar-refractivity contribution in [1.82, 2.24) is 9.62 Å². The Kier molecular flexibility index (Phi) is 10.1. The fourth-order valence-corrected chi connectivity index (χ4v) is 7.64. The summed E-state index contributed by atoms with van der Waals surface area (Å²) in [5.41, 5.74) is 7.09. The summed E-state index contributed by atoms with van der Waals surface area (Å²) in [6.07, 6.45) is 2.30. The summed E-state index contributed by atoms with van der Waals surface area (Å²) in [5, 5.41) is 3.24. The zero-order chi connectivity index (χ0) is 29.9. The van der Waals surface area contributed by atoms with Crippen LogP contribution in [0.5, 0.6) is 0 Å². The van der Waals surface area contributed by atoms with Crippen molar-refractivity contribution in [2.45, 2.75) is 49.7 Å². The van der Waals surface area contributed by atoms with Crippen molar-refractivity contribution < 1.29 is 18.0 Å². The van der Waals surface area contributed by atoms with Crippen LogP contribution in [0.1, 0.15) is 49.9 Å². The zero-order valence-electron chi connectivity index (χ0n) is 22.4. The molecule has 0 saturated heterocycles. The highest BCUT2D eigenvalue weighted by Gasteiger charge is 2.45. The molecule has 41 heavy (non-hydrogen) atoms. The number of nitrogens with zero attached hydrogens (tertiary/aromatic N) is 1. The molecule has 3 atom stereocenters. The first-order valence-corrected chi connectivity index (χ1v) is 16.4. The summed E-state index contributed by atoms with van der Waals surface area (Å²) < 4.78 is 31.8. The van der Waals surface area contributed by atoms with Gasteiger partial charge in [0.25, 0.3) is 0 Å². The Bertz CT molecular complexity index is 1580. The van der Waals surface area contributed by atoms with Crippen LogP contribution < -0.4 is 11.1 Å². The van der Waals surface area contributed by atoms with Crippen molar-refractivity contribution in [1.29, 1.82) is 0 Å². The Morgan fingerprint density at radius 3 is 2.27 bits per heavy atom. The van der Waals surface area contributed by atoms with Gasteiger partial charge in [0.2, 0.25) is 21.8 Å². The number of hydrogen-bond donors (Lipinski definition) is 2. The lowest BCUT2D eigenvalue weighted by Gasteiger charge is -2.41. The van der Waals surface area contributed by atoms with Crippen molar-refractivity contribution in [3.05, 3.63) is 110 Å². The fourth-order valence-electron chi connectivity index (χ4n) is 4.98. The second-order valence-electron chi connectivity index (χ2n) is 10.3. The van der Waals surface area contributed by atoms with E-state index in [0.717, 1.165) is 8.95 Å². The van der Waals surface area contributed by atoms with E-state index in [4.69, 9.17) is 17.3 Å². The third kappa shape index (κ3) is 7.29. The predicted molar refractivity (Wildman–Crippen MR) is 168 cm³/mol. The van der Waals surface area contributed by atoms with Crippen molar-refractivity contribution in [3.8, 4) is 0 Å². The number of nitrogens with one attached hydrogen (secondary N) is 1. The predicted octanol–water partition coefficient (Wildman–Crippen LogP) is 6.68. The minimum atomic E-state index is -4.19. The third-order valence-corrected chi connectivity index (χ3v) is 9.97. The fraction of sp³-hybridized carbons (Fsp3) is 0.267. The van der Waals surface area contributed by atoms with Crippen LogP contribution in [0.3, 0.4) is 0 Å². The quantitative estimate of drug-likeness (QED) is 0.257. The van der Waals surface area contributed by atoms with Gasteiger partial charge in [-0.15, -0.1) is 0 Å². The molecule has 0 radical (unpaired) electrons. The van der Waals surface area contributed by atoms with E-state index in [9.17, 15) is 18.0 Å². The topological polar surface area (TPSA) is 110 Å². The molecule has 0 fully saturated rings. The third-order valence-electron chi connectivity index (χ3n) is 6.82. The number of rotatable bonds is 9. The molecule has 0 bridgehead atoms. The van der Waals surface area contributed by atoms with Crippen LogP contribution in [-0.2, 0) is 19.6 Å². The molecule has 1 aliphatic heterocycles. The largest absolute Gasteiger partial charge is 0.368 e. The molecule has 4 rings (SSSR count). The Balaban J connectivity index is 1.93. The summed E-state index contributed by atoms with van der Waals surface area (Å²) in [7, 11) is -4.19. The lowest BCUT2D eigenvalue weighted by atomic mass is 9.88. The van der Waals surface area contributed by atoms with E-state index in [-0.39, 0.29) is 22.8 Å². The number of halogens is 3. The van der Waals surface area contributed by atoms with Crippen molar-refractivity contribution in [2.75, 3.05) is 0 Å². The van der Waals surface area contributed by atoms with Gasteiger partial charge in [0, 0.05) is 19.5 Å². The highest BCUT2D eigenvalue weighted by atomic mass is 79.9. The second-order valence-corrected chi connectivity index (χ2v) is 14.4. The first-order chi connectivity index (χ1) is 19.4. The van der Waals surface area contributed by atoms with Gasteiger partial charge in [-0.3, -0.25) is 9.59 Å². The minimum Gasteiger partial charge on any atom is -0.368 e. The monoisotopic (exact) mass is 721 g/mol. The summed E-state index contributed by atoms with van der Waals surface area (Å²) in [4.78, 5) is 26.2. The van der Waals surface area contributed by atoms with Crippen LogP contribution in [0.2, 0.25) is 5.02 Å². The molecule has 7 nitrogen and oxygen atoms in total. The minimum absolute atomic E-state index is 0.0733. The van der Waals surface area contributed by atoms with Crippen molar-refractivity contribution in [2.24, 2.45) is 11.7 Å². The Morgan fingerprint density at radius 1 is 1.00 bits per heavy atom. The Hall–Kier alpha value is -2.50. The molecule has 0 aromatic heterocycles. The molecule has 216 valence electrons. The maximum Gasteiger partial charge on any atom is 0.249 e. The maximum atomic E-state index is 14.5. The number of primary amides is 1. The normalized spacial score (nSPS) is 18.5. The number of carbonyl (C=O) groups excluding carboxylic acids is 2. The average Bonchev–Trinajstić information content (AvgIpc) is 2.91. The number of hydrogen-bond acceptors (Lipinski definition) is 4. The Morgan fingerprint density at radius 2 is 1.66 bits per heavy atom. The van der Waals surface area contributed by atoms with Gasteiger partial charge in [0.1, 0.15) is 6.04 Å². The molecule has 0 aliphatic carbocycles. The van der Waals surface area contributed by atoms with Gasteiger partial charge in [-0.2, -0.15) is 4.31 Å². The van der Waals surface area contributed by atoms with E-state index in [2.05, 4.69) is 37.2 Å². The molecular weight excluding hydrogens is 694 g/mol. The van der Waals surface area contributed by atoms with Gasteiger partial charge in [-0.1, -0.05) is 87.6 Å². The lowest BCUT2D eigenvalue weighted by Crippen LogP contribution is -2.49. The standard InChI is InChI=1S/C30H30Br2ClN3O4S/c1-18(2)15-26(29(34)37)35-30(38)25-13-14-27(19-5-4-8-23(33)17-19)36(28(25)20-6-3-7-22(32)16-20)41(39,40)24-11-9-21(31)10-12-24/h3-13,16-18,26-28H,14-15H2,1-2H3,(H2,34,37)(H,35,38)/t26-,27-,28-/m0/s1. The molecule has 3 N–H and O–H groups in total. The number of nitrogens with two attached hydrogens (primary N) is 1. The van der Waals surface area contributed by atoms with E-state index >= 15 is 0 Å². The van der Waals surface area contributed by atoms with E-state index in [1.165, 1.54) is 16.4 Å². The molecule has 1 heterocycles. The highest BCUT2D eigenvalue weighted by Crippen LogP contribution is 2.46. The molecule has 0 spiro atoms. The summed E-state index contributed by atoms with van der Waals surface area (Å²) >= 11 is 13.2. The van der Waals surface area contributed by atoms with Gasteiger partial charge in [-0.25, -0.2) is 8.42 Å². The molecule has 3 aromatic rings. The van der Waals surface area contributed by atoms with E-state index in [0.29, 0.717) is 22.6 Å². The van der Waals surface area contributed by atoms with Gasteiger partial charge in [0.15, 0.2) is 0 Å². The Labute approximate surface area is 262 Å². The van der Waals surface area contributed by atoms with Gasteiger partial charge in [0.05, 0.1) is 17.0 Å². The molecule has 0 unspecified atom stereocenters. The van der Waals surface area contributed by atoms with Gasteiger partial charge >= 0.3 is 0 Å². The molecular formula is C30H30Br2ClN3O4S. The smallest absolute Gasteiger partial charge is 0.249 e. The molecule has 2 amide bonds. The average molecular weight is 724 g/mol. The second kappa shape index (κ2) is 13.2. The number of carbonyl (C=O) groups is 2. The first-order valence-electron chi connectivity index (χ1n) is 13.0. The molecule has 3 aromatic carbocycles. The number of sulfonamides is 1. The van der Waals surface area contributed by atoms with Gasteiger partial charge in [-0.05, 0) is 78.4 Å². The van der Waals surface area contributed by atoms with Crippen LogP contribution in [0.15, 0.2) is 98.3 Å². The van der Waals surface area contributed by atoms with Crippen LogP contribution in [0.4, 0.5) is 0 Å². The SMILES string of the molecule is CC(C)C[C@H](NC(=O)C1=CC[C@@H](c2cccc(Cl)c2)N(S(=O)(=O)c2ccc(Br)cc2)[C@H]1c1cccc(Br)c1)C(N)=O. The van der Waals surface area contributed by atoms with Crippen LogP contribution in [-0.4, -0.2) is 30.6 Å². The lowest BCUT2D eigenvalue weighted by molar-refractivity contribution is -0.126. The molecule has 11 heteroatoms. The van der Waals surface area contributed by atoms with Crippen molar-refractivity contribution >= 4 is 65.3 Å². The van der Waals surface area contributed by atoms with E-state index < -0.39 is 40.0 Å². The first kappa shape index (κ1) is 31.4.